The molecule has 1 aliphatic heterocycles. The van der Waals surface area contributed by atoms with Crippen LogP contribution in [0, 0.1) is 5.92 Å². The van der Waals surface area contributed by atoms with E-state index in [1.54, 1.807) is 0 Å². The van der Waals surface area contributed by atoms with E-state index in [0.717, 1.165) is 32.1 Å². The van der Waals surface area contributed by atoms with Crippen molar-refractivity contribution in [1.29, 1.82) is 0 Å². The van der Waals surface area contributed by atoms with E-state index >= 15 is 0 Å². The molecular weight excluding hydrogens is 252 g/mol. The van der Waals surface area contributed by atoms with Gasteiger partial charge in [0, 0.05) is 18.8 Å². The molecule has 2 fully saturated rings. The standard InChI is InChI=1S/C17H28O3/c1-2-3-4-5-6-7-8-16(18)15-9-11-17(12-10-15)19-13-14-20-17/h7-8,15H,2-6,9-14H2,1H3. The van der Waals surface area contributed by atoms with E-state index < -0.39 is 0 Å². The van der Waals surface area contributed by atoms with Gasteiger partial charge in [0.05, 0.1) is 13.2 Å². The van der Waals surface area contributed by atoms with Crippen LogP contribution in [0.15, 0.2) is 12.2 Å². The summed E-state index contributed by atoms with van der Waals surface area (Å²) in [5.74, 6) is 0.134. The lowest BCUT2D eigenvalue weighted by Gasteiger charge is -2.34. The van der Waals surface area contributed by atoms with Crippen molar-refractivity contribution in [3.8, 4) is 0 Å². The maximum atomic E-state index is 12.1. The molecule has 0 aromatic heterocycles. The summed E-state index contributed by atoms with van der Waals surface area (Å²) in [6.45, 7) is 3.62. The van der Waals surface area contributed by atoms with Crippen LogP contribution in [0.5, 0.6) is 0 Å². The molecule has 0 aromatic carbocycles. The molecule has 0 radical (unpaired) electrons. The molecule has 2 rings (SSSR count). The van der Waals surface area contributed by atoms with Crippen LogP contribution in [-0.4, -0.2) is 24.8 Å². The number of carbonyl (C=O) groups is 1. The number of allylic oxidation sites excluding steroid dienone is 2. The van der Waals surface area contributed by atoms with Crippen LogP contribution >= 0.6 is 0 Å². The summed E-state index contributed by atoms with van der Waals surface area (Å²) in [6.07, 6.45) is 13.5. The van der Waals surface area contributed by atoms with E-state index in [1.165, 1.54) is 25.7 Å². The highest BCUT2D eigenvalue weighted by Gasteiger charge is 2.41. The zero-order valence-corrected chi connectivity index (χ0v) is 12.7. The van der Waals surface area contributed by atoms with Crippen LogP contribution in [0.25, 0.3) is 0 Å². The quantitative estimate of drug-likeness (QED) is 0.522. The van der Waals surface area contributed by atoms with E-state index in [2.05, 4.69) is 13.0 Å². The minimum Gasteiger partial charge on any atom is -0.348 e. The lowest BCUT2D eigenvalue weighted by molar-refractivity contribution is -0.182. The smallest absolute Gasteiger partial charge is 0.168 e. The van der Waals surface area contributed by atoms with Crippen molar-refractivity contribution in [3.63, 3.8) is 0 Å². The molecule has 0 unspecified atom stereocenters. The van der Waals surface area contributed by atoms with Crippen LogP contribution in [0.3, 0.4) is 0 Å². The lowest BCUT2D eigenvalue weighted by Crippen LogP contribution is -2.36. The number of carbonyl (C=O) groups excluding carboxylic acids is 1. The fraction of sp³-hybridized carbons (Fsp3) is 0.824. The Morgan fingerprint density at radius 2 is 1.85 bits per heavy atom. The zero-order chi connectivity index (χ0) is 14.3. The zero-order valence-electron chi connectivity index (χ0n) is 12.7. The SMILES string of the molecule is CCCCCCC=CC(=O)C1CCC2(CC1)OCCO2. The number of unbranched alkanes of at least 4 members (excludes halogenated alkanes) is 4. The predicted octanol–water partition coefficient (Wildman–Crippen LogP) is 4.02. The van der Waals surface area contributed by atoms with Crippen molar-refractivity contribution in [3.05, 3.63) is 12.2 Å². The molecule has 0 atom stereocenters. The second-order valence-electron chi connectivity index (χ2n) is 6.04. The number of rotatable bonds is 7. The summed E-state index contributed by atoms with van der Waals surface area (Å²) in [4.78, 5) is 12.1. The maximum Gasteiger partial charge on any atom is 0.168 e. The molecule has 0 bridgehead atoms. The highest BCUT2D eigenvalue weighted by molar-refractivity contribution is 5.91. The topological polar surface area (TPSA) is 35.5 Å². The van der Waals surface area contributed by atoms with Gasteiger partial charge in [0.15, 0.2) is 11.6 Å². The molecule has 20 heavy (non-hydrogen) atoms. The highest BCUT2D eigenvalue weighted by Crippen LogP contribution is 2.38. The number of ketones is 1. The van der Waals surface area contributed by atoms with Gasteiger partial charge in [-0.25, -0.2) is 0 Å². The largest absolute Gasteiger partial charge is 0.348 e. The second-order valence-corrected chi connectivity index (χ2v) is 6.04. The summed E-state index contributed by atoms with van der Waals surface area (Å²) in [5.41, 5.74) is 0. The summed E-state index contributed by atoms with van der Waals surface area (Å²) < 4.78 is 11.4. The van der Waals surface area contributed by atoms with E-state index in [1.807, 2.05) is 6.08 Å². The molecule has 3 nitrogen and oxygen atoms in total. The monoisotopic (exact) mass is 280 g/mol. The minimum atomic E-state index is -0.347. The Hall–Kier alpha value is -0.670. The number of ether oxygens (including phenoxy) is 2. The van der Waals surface area contributed by atoms with Gasteiger partial charge in [-0.1, -0.05) is 32.3 Å². The normalized spacial score (nSPS) is 22.9. The maximum absolute atomic E-state index is 12.1. The van der Waals surface area contributed by atoms with Gasteiger partial charge in [0.2, 0.25) is 0 Å². The van der Waals surface area contributed by atoms with Gasteiger partial charge in [-0.15, -0.1) is 0 Å². The van der Waals surface area contributed by atoms with E-state index in [4.69, 9.17) is 9.47 Å². The van der Waals surface area contributed by atoms with Crippen molar-refractivity contribution in [2.24, 2.45) is 5.92 Å². The predicted molar refractivity (Wildman–Crippen MR) is 79.5 cm³/mol. The van der Waals surface area contributed by atoms with Gasteiger partial charge in [0.25, 0.3) is 0 Å². The van der Waals surface area contributed by atoms with Gasteiger partial charge >= 0.3 is 0 Å². The molecule has 0 N–H and O–H groups in total. The lowest BCUT2D eigenvalue weighted by atomic mass is 9.82. The van der Waals surface area contributed by atoms with E-state index in [0.29, 0.717) is 19.0 Å². The third-order valence-electron chi connectivity index (χ3n) is 4.47. The summed E-state index contributed by atoms with van der Waals surface area (Å²) >= 11 is 0. The second kappa shape index (κ2) is 7.94. The van der Waals surface area contributed by atoms with Crippen molar-refractivity contribution >= 4 is 5.78 Å². The molecule has 0 aromatic rings. The Morgan fingerprint density at radius 1 is 1.15 bits per heavy atom. The Kier molecular flexibility index (Phi) is 6.24. The van der Waals surface area contributed by atoms with Crippen molar-refractivity contribution in [1.82, 2.24) is 0 Å². The average Bonchev–Trinajstić information content (AvgIpc) is 2.91. The molecule has 2 aliphatic rings. The van der Waals surface area contributed by atoms with Crippen molar-refractivity contribution in [2.45, 2.75) is 70.5 Å². The van der Waals surface area contributed by atoms with Crippen molar-refractivity contribution in [2.75, 3.05) is 13.2 Å². The van der Waals surface area contributed by atoms with E-state index in [-0.39, 0.29) is 11.7 Å². The van der Waals surface area contributed by atoms with E-state index in [9.17, 15) is 4.79 Å². The van der Waals surface area contributed by atoms with Crippen LogP contribution in [0.4, 0.5) is 0 Å². The fourth-order valence-electron chi connectivity index (χ4n) is 3.15. The summed E-state index contributed by atoms with van der Waals surface area (Å²) in [5, 5.41) is 0. The molecule has 1 spiro atoms. The third-order valence-corrected chi connectivity index (χ3v) is 4.47. The molecule has 1 saturated heterocycles. The van der Waals surface area contributed by atoms with Crippen LogP contribution in [-0.2, 0) is 14.3 Å². The third kappa shape index (κ3) is 4.42. The van der Waals surface area contributed by atoms with Gasteiger partial charge in [-0.2, -0.15) is 0 Å². The first-order valence-electron chi connectivity index (χ1n) is 8.24. The van der Waals surface area contributed by atoms with Gasteiger partial charge in [0.1, 0.15) is 0 Å². The Balaban J connectivity index is 1.65. The summed E-state index contributed by atoms with van der Waals surface area (Å²) in [6, 6.07) is 0. The van der Waals surface area contributed by atoms with Crippen molar-refractivity contribution < 1.29 is 14.3 Å². The van der Waals surface area contributed by atoms with Gasteiger partial charge < -0.3 is 9.47 Å². The Bertz CT molecular complexity index is 319. The first-order valence-corrected chi connectivity index (χ1v) is 8.24. The Morgan fingerprint density at radius 3 is 2.50 bits per heavy atom. The molecule has 0 amide bonds. The molecule has 3 heteroatoms. The molecule has 1 heterocycles. The van der Waals surface area contributed by atoms with Gasteiger partial charge in [-0.05, 0) is 31.8 Å². The number of hydrogen-bond donors (Lipinski definition) is 0. The molecular formula is C17H28O3. The Labute approximate surface area is 122 Å². The van der Waals surface area contributed by atoms with Crippen LogP contribution in [0.1, 0.15) is 64.7 Å². The number of hydrogen-bond acceptors (Lipinski definition) is 3. The van der Waals surface area contributed by atoms with Crippen LogP contribution < -0.4 is 0 Å². The summed E-state index contributed by atoms with van der Waals surface area (Å²) in [7, 11) is 0. The van der Waals surface area contributed by atoms with Crippen LogP contribution in [0.2, 0.25) is 0 Å². The highest BCUT2D eigenvalue weighted by atomic mass is 16.7. The average molecular weight is 280 g/mol. The first-order chi connectivity index (χ1) is 9.76. The first kappa shape index (κ1) is 15.7. The molecule has 114 valence electrons. The molecule has 1 aliphatic carbocycles. The minimum absolute atomic E-state index is 0.181. The van der Waals surface area contributed by atoms with Gasteiger partial charge in [-0.3, -0.25) is 4.79 Å². The molecule has 1 saturated carbocycles. The fourth-order valence-corrected chi connectivity index (χ4v) is 3.15.